The van der Waals surface area contributed by atoms with E-state index < -0.39 is 13.8 Å². The van der Waals surface area contributed by atoms with E-state index in [0.717, 1.165) is 6.42 Å². The molecule has 8 heteroatoms. The summed E-state index contributed by atoms with van der Waals surface area (Å²) < 4.78 is 25.5. The van der Waals surface area contributed by atoms with Gasteiger partial charge in [0.1, 0.15) is 6.10 Å². The van der Waals surface area contributed by atoms with Crippen LogP contribution in [-0.4, -0.2) is 51.0 Å². The van der Waals surface area contributed by atoms with Gasteiger partial charge in [0.05, 0.1) is 24.7 Å². The molecule has 2 fully saturated rings. The molecule has 0 aromatic carbocycles. The molecule has 1 aliphatic carbocycles. The topological polar surface area (TPSA) is 76.0 Å². The highest BCUT2D eigenvalue weighted by atomic mass is 32.0. The Morgan fingerprint density at radius 3 is 3.09 bits per heavy atom. The van der Waals surface area contributed by atoms with E-state index in [1.54, 1.807) is 0 Å². The minimum Gasteiger partial charge on any atom is -0.462 e. The number of ether oxygens (including phenoxy) is 1. The van der Waals surface area contributed by atoms with Gasteiger partial charge in [0.25, 0.3) is 0 Å². The third-order valence-corrected chi connectivity index (χ3v) is 5.46. The number of aliphatic hydroxyl groups excluding tert-OH is 2. The van der Waals surface area contributed by atoms with Gasteiger partial charge in [0.2, 0.25) is 2.86 Å². The number of carbonyl (C=O) groups is 1. The van der Waals surface area contributed by atoms with Gasteiger partial charge in [0.15, 0.2) is 7.57 Å². The molecule has 0 amide bonds. The van der Waals surface area contributed by atoms with Crippen LogP contribution in [-0.2, 0) is 14.1 Å². The van der Waals surface area contributed by atoms with Crippen LogP contribution < -0.4 is 0 Å². The van der Waals surface area contributed by atoms with Crippen molar-refractivity contribution in [3.05, 3.63) is 12.2 Å². The van der Waals surface area contributed by atoms with Gasteiger partial charge in [-0.25, -0.2) is 0 Å². The molecule has 5 nitrogen and oxygen atoms in total. The van der Waals surface area contributed by atoms with E-state index in [4.69, 9.17) is 24.8 Å². The number of aliphatic hydroxyl groups is 2. The zero-order valence-corrected chi connectivity index (χ0v) is 15.3. The van der Waals surface area contributed by atoms with Crippen LogP contribution in [0.4, 0.5) is 0 Å². The molecule has 23 heavy (non-hydrogen) atoms. The summed E-state index contributed by atoms with van der Waals surface area (Å²) in [5, 5.41) is 9.40. The third-order valence-electron chi connectivity index (χ3n) is 4.58. The standard InChI is InChI=1S/C15H25BO5P2/c1-2-9(17)3-4-10(18)5-6-11-12-7-15(19)20-13(12)8-14(11)21-23(16)22/h5-6,9-14,17-18H,2-4,7-8,22H2,1H3/b6-5+/t9?,10?,11?,12?,13-,14-,23?/m0/s1/i17T,18T. The summed E-state index contributed by atoms with van der Waals surface area (Å²) in [6.45, 7) is 1.96. The van der Waals surface area contributed by atoms with Crippen LogP contribution in [0.2, 0.25) is 0 Å². The summed E-state index contributed by atoms with van der Waals surface area (Å²) in [6, 6.07) is 0. The first-order chi connectivity index (χ1) is 12.0. The van der Waals surface area contributed by atoms with Gasteiger partial charge in [-0.3, -0.25) is 4.79 Å². The predicted molar refractivity (Wildman–Crippen MR) is 94.0 cm³/mol. The van der Waals surface area contributed by atoms with Crippen molar-refractivity contribution in [3.63, 3.8) is 0 Å². The lowest BCUT2D eigenvalue weighted by molar-refractivity contribution is -0.141. The lowest BCUT2D eigenvalue weighted by Crippen LogP contribution is -2.20. The normalized spacial score (nSPS) is 35.5. The maximum atomic E-state index is 11.6. The van der Waals surface area contributed by atoms with Gasteiger partial charge in [-0.15, -0.1) is 0 Å². The molecule has 1 saturated heterocycles. The van der Waals surface area contributed by atoms with Crippen molar-refractivity contribution < 1.29 is 24.3 Å². The first-order valence-corrected chi connectivity index (χ1v) is 11.0. The van der Waals surface area contributed by atoms with E-state index >= 15 is 0 Å². The number of fused-ring (bicyclic) bond motifs is 1. The van der Waals surface area contributed by atoms with Crippen LogP contribution in [0.3, 0.4) is 0 Å². The molecule has 2 radical (unpaired) electrons. The molecule has 1 saturated carbocycles. The second kappa shape index (κ2) is 8.92. The number of esters is 1. The summed E-state index contributed by atoms with van der Waals surface area (Å²) in [5.74, 6) is -0.0722. The molecule has 6 unspecified atom stereocenters. The Balaban J connectivity index is 1.99. The van der Waals surface area contributed by atoms with E-state index in [0.29, 0.717) is 25.7 Å². The van der Waals surface area contributed by atoms with E-state index in [1.807, 2.05) is 19.1 Å². The molecular formula is C15H25BO5P2. The Hall–Kier alpha value is 0.0149. The van der Waals surface area contributed by atoms with Crippen molar-refractivity contribution in [3.8, 4) is 0 Å². The number of hydrogen-bond donors (Lipinski definition) is 2. The van der Waals surface area contributed by atoms with Crippen LogP contribution in [0.5, 0.6) is 0 Å². The maximum Gasteiger partial charge on any atom is 0.306 e. The average Bonchev–Trinajstić information content (AvgIpc) is 3.06. The number of carbonyl (C=O) groups excluding carboxylic acids is 1. The maximum absolute atomic E-state index is 11.6. The fourth-order valence-electron chi connectivity index (χ4n) is 3.34. The van der Waals surface area contributed by atoms with Crippen molar-refractivity contribution in [2.24, 2.45) is 11.8 Å². The highest BCUT2D eigenvalue weighted by Gasteiger charge is 2.49. The molecular weight excluding hydrogens is 333 g/mol. The van der Waals surface area contributed by atoms with Crippen LogP contribution in [0, 0.1) is 11.8 Å². The molecule has 2 aliphatic rings. The van der Waals surface area contributed by atoms with E-state index in [9.17, 15) is 4.79 Å². The first kappa shape index (κ1) is 16.5. The van der Waals surface area contributed by atoms with E-state index in [2.05, 4.69) is 14.0 Å². The molecule has 2 rings (SSSR count). The van der Waals surface area contributed by atoms with Crippen molar-refractivity contribution in [2.75, 3.05) is 0 Å². The average molecular weight is 362 g/mol. The van der Waals surface area contributed by atoms with Crippen molar-refractivity contribution in [1.29, 1.82) is 2.86 Å². The first-order valence-electron chi connectivity index (χ1n) is 8.88. The summed E-state index contributed by atoms with van der Waals surface area (Å²) >= 11 is 0. The SMILES string of the molecule is [3H]OC(/C=C/C1C2CC(=O)O[C@H]2C[C@@H]1OP([B])P)CCC(CC)O[3H]. The van der Waals surface area contributed by atoms with E-state index in [1.165, 1.54) is 0 Å². The Kier molecular flexibility index (Phi) is 6.39. The smallest absolute Gasteiger partial charge is 0.306 e. The quantitative estimate of drug-likeness (QED) is 0.269. The second-order valence-electron chi connectivity index (χ2n) is 6.24. The second-order valence-corrected chi connectivity index (χ2v) is 8.70. The summed E-state index contributed by atoms with van der Waals surface area (Å²) in [6.07, 6.45) is 6.06. The minimum atomic E-state index is -1.08. The molecule has 0 bridgehead atoms. The van der Waals surface area contributed by atoms with Gasteiger partial charge in [0, 0.05) is 18.3 Å². The van der Waals surface area contributed by atoms with Crippen LogP contribution in [0.25, 0.3) is 0 Å². The van der Waals surface area contributed by atoms with Crippen molar-refractivity contribution in [1.82, 2.24) is 0 Å². The van der Waals surface area contributed by atoms with Gasteiger partial charge < -0.3 is 19.5 Å². The van der Waals surface area contributed by atoms with Gasteiger partial charge in [-0.2, -0.15) is 0 Å². The van der Waals surface area contributed by atoms with E-state index in [-0.39, 0.29) is 36.1 Å². The Bertz CT molecular complexity index is 467. The number of rotatable bonds is 10. The molecule has 1 aliphatic heterocycles. The lowest BCUT2D eigenvalue weighted by Gasteiger charge is -2.22. The van der Waals surface area contributed by atoms with Crippen LogP contribution in [0.1, 0.15) is 39.0 Å². The monoisotopic (exact) mass is 362 g/mol. The summed E-state index contributed by atoms with van der Waals surface area (Å²) in [7, 11) is 7.18. The lowest BCUT2D eigenvalue weighted by atomic mass is 9.91. The Labute approximate surface area is 145 Å². The number of hydrogen-bond acceptors (Lipinski definition) is 5. The fourth-order valence-corrected chi connectivity index (χ4v) is 4.34. The highest BCUT2D eigenvalue weighted by molar-refractivity contribution is 8.23. The Morgan fingerprint density at radius 2 is 2.43 bits per heavy atom. The largest absolute Gasteiger partial charge is 0.462 e. The van der Waals surface area contributed by atoms with Gasteiger partial charge in [-0.05, 0) is 27.0 Å². The molecule has 128 valence electrons. The molecule has 0 aromatic rings. The highest BCUT2D eigenvalue weighted by Crippen LogP contribution is 2.50. The molecule has 2 N–H and O–H groups in total. The predicted octanol–water partition coefficient (Wildman–Crippen LogP) is 2.06. The van der Waals surface area contributed by atoms with Crippen LogP contribution in [0.15, 0.2) is 12.2 Å². The minimum absolute atomic E-state index is 0.0117. The van der Waals surface area contributed by atoms with Crippen molar-refractivity contribution in [2.45, 2.75) is 63.4 Å². The zero-order chi connectivity index (χ0) is 18.4. The van der Waals surface area contributed by atoms with Crippen molar-refractivity contribution >= 4 is 30.2 Å². The zero-order valence-electron chi connectivity index (χ0n) is 15.3. The third kappa shape index (κ3) is 5.51. The summed E-state index contributed by atoms with van der Waals surface area (Å²) in [4.78, 5) is 11.6. The Morgan fingerprint density at radius 1 is 1.61 bits per heavy atom. The molecule has 0 spiro atoms. The molecule has 0 aromatic heterocycles. The molecule has 1 heterocycles. The fraction of sp³-hybridized carbons (Fsp3) is 0.800. The van der Waals surface area contributed by atoms with Gasteiger partial charge in [-0.1, -0.05) is 28.0 Å². The van der Waals surface area contributed by atoms with Gasteiger partial charge >= 0.3 is 5.97 Å². The van der Waals surface area contributed by atoms with Crippen LogP contribution >= 0.6 is 16.6 Å². The summed E-state index contributed by atoms with van der Waals surface area (Å²) in [5.41, 5.74) is 0. The molecule has 8 atom stereocenters.